The van der Waals surface area contributed by atoms with Crippen molar-refractivity contribution in [3.05, 3.63) is 107 Å². The Kier molecular flexibility index (Phi) is 10.3. The number of alkyl carbamates (subject to hydrolysis) is 1. The largest absolute Gasteiger partial charge is 0.467 e. The molecule has 7 nitrogen and oxygen atoms in total. The van der Waals surface area contributed by atoms with E-state index in [2.05, 4.69) is 47.9 Å². The van der Waals surface area contributed by atoms with E-state index in [1.165, 1.54) is 7.11 Å². The van der Waals surface area contributed by atoms with Crippen LogP contribution in [0.5, 0.6) is 0 Å². The molecule has 0 saturated carbocycles. The highest BCUT2D eigenvalue weighted by atomic mass is 16.6. The van der Waals surface area contributed by atoms with Crippen LogP contribution in [-0.4, -0.2) is 43.3 Å². The molecule has 0 spiro atoms. The molecule has 2 amide bonds. The van der Waals surface area contributed by atoms with Gasteiger partial charge >= 0.3 is 12.1 Å². The molecule has 2 N–H and O–H groups in total. The lowest BCUT2D eigenvalue weighted by Gasteiger charge is -2.21. The van der Waals surface area contributed by atoms with Crippen molar-refractivity contribution >= 4 is 18.0 Å². The number of hydrogen-bond acceptors (Lipinski definition) is 5. The van der Waals surface area contributed by atoms with Crippen LogP contribution in [-0.2, 0) is 14.3 Å². The fourth-order valence-corrected chi connectivity index (χ4v) is 4.38. The van der Waals surface area contributed by atoms with Gasteiger partial charge in [0.1, 0.15) is 11.6 Å². The van der Waals surface area contributed by atoms with Gasteiger partial charge in [-0.2, -0.15) is 0 Å². The molecule has 3 aromatic carbocycles. The Balaban J connectivity index is 1.75. The summed E-state index contributed by atoms with van der Waals surface area (Å²) in [6.45, 7) is 7.71. The number of esters is 1. The number of ether oxygens (including phenoxy) is 2. The molecule has 39 heavy (non-hydrogen) atoms. The molecule has 1 unspecified atom stereocenters. The van der Waals surface area contributed by atoms with Crippen LogP contribution in [0.4, 0.5) is 4.79 Å². The predicted molar refractivity (Wildman–Crippen MR) is 152 cm³/mol. The number of benzene rings is 3. The first-order valence-corrected chi connectivity index (χ1v) is 13.1. The number of aryl methyl sites for hydroxylation is 1. The molecule has 0 aliphatic rings. The van der Waals surface area contributed by atoms with E-state index < -0.39 is 23.7 Å². The van der Waals surface area contributed by atoms with E-state index in [1.54, 1.807) is 26.8 Å². The molecule has 7 heteroatoms. The molecular formula is C32H38N2O5. The lowest BCUT2D eigenvalue weighted by molar-refractivity contribution is -0.143. The van der Waals surface area contributed by atoms with E-state index >= 15 is 0 Å². The number of rotatable bonds is 10. The second-order valence-electron chi connectivity index (χ2n) is 10.5. The molecule has 0 bridgehead atoms. The van der Waals surface area contributed by atoms with Gasteiger partial charge in [0.25, 0.3) is 5.91 Å². The average Bonchev–Trinajstić information content (AvgIpc) is 2.90. The van der Waals surface area contributed by atoms with Crippen molar-refractivity contribution in [3.8, 4) is 0 Å². The fraction of sp³-hybridized carbons (Fsp3) is 0.344. The topological polar surface area (TPSA) is 93.7 Å². The fourth-order valence-electron chi connectivity index (χ4n) is 4.38. The lowest BCUT2D eigenvalue weighted by atomic mass is 9.84. The smallest absolute Gasteiger partial charge is 0.407 e. The summed E-state index contributed by atoms with van der Waals surface area (Å²) < 4.78 is 10.1. The summed E-state index contributed by atoms with van der Waals surface area (Å²) in [4.78, 5) is 37.6. The zero-order valence-electron chi connectivity index (χ0n) is 23.3. The molecule has 0 heterocycles. The molecule has 0 aromatic heterocycles. The predicted octanol–water partition coefficient (Wildman–Crippen LogP) is 5.75. The maximum absolute atomic E-state index is 13.3. The Morgan fingerprint density at radius 3 is 2.13 bits per heavy atom. The third kappa shape index (κ3) is 8.99. The van der Waals surface area contributed by atoms with Crippen LogP contribution in [0.2, 0.25) is 0 Å². The van der Waals surface area contributed by atoms with Gasteiger partial charge in [-0.3, -0.25) is 4.79 Å². The molecule has 0 saturated heterocycles. The van der Waals surface area contributed by atoms with Crippen LogP contribution in [0.15, 0.2) is 78.9 Å². The van der Waals surface area contributed by atoms with E-state index in [9.17, 15) is 14.4 Å². The number of methoxy groups -OCH3 is 1. The minimum Gasteiger partial charge on any atom is -0.467 e. The van der Waals surface area contributed by atoms with Crippen molar-refractivity contribution in [2.75, 3.05) is 13.7 Å². The Bertz CT molecular complexity index is 1270. The molecule has 0 aliphatic carbocycles. The second kappa shape index (κ2) is 13.6. The van der Waals surface area contributed by atoms with Crippen LogP contribution < -0.4 is 10.6 Å². The van der Waals surface area contributed by atoms with Gasteiger partial charge in [-0.15, -0.1) is 0 Å². The zero-order valence-corrected chi connectivity index (χ0v) is 23.3. The van der Waals surface area contributed by atoms with E-state index in [0.29, 0.717) is 24.9 Å². The average molecular weight is 531 g/mol. The highest BCUT2D eigenvalue weighted by molar-refractivity contribution is 5.97. The Hall–Kier alpha value is -4.13. The summed E-state index contributed by atoms with van der Waals surface area (Å²) >= 11 is 0. The first kappa shape index (κ1) is 29.4. The van der Waals surface area contributed by atoms with Gasteiger partial charge in [-0.25, -0.2) is 9.59 Å². The molecule has 0 radical (unpaired) electrons. The first-order valence-electron chi connectivity index (χ1n) is 13.1. The van der Waals surface area contributed by atoms with Crippen LogP contribution in [0, 0.1) is 6.92 Å². The maximum Gasteiger partial charge on any atom is 0.407 e. The van der Waals surface area contributed by atoms with Gasteiger partial charge in [0.05, 0.1) is 7.11 Å². The van der Waals surface area contributed by atoms with Gasteiger partial charge in [0.2, 0.25) is 0 Å². The third-order valence-electron chi connectivity index (χ3n) is 6.12. The monoisotopic (exact) mass is 530 g/mol. The summed E-state index contributed by atoms with van der Waals surface area (Å²) in [5.41, 5.74) is 4.22. The zero-order chi connectivity index (χ0) is 28.4. The maximum atomic E-state index is 13.3. The lowest BCUT2D eigenvalue weighted by Crippen LogP contribution is -2.42. The van der Waals surface area contributed by atoms with E-state index in [4.69, 9.17) is 9.47 Å². The quantitative estimate of drug-likeness (QED) is 0.198. The van der Waals surface area contributed by atoms with Gasteiger partial charge in [0.15, 0.2) is 0 Å². The number of nitrogens with one attached hydrogen (secondary N) is 2. The van der Waals surface area contributed by atoms with Gasteiger partial charge in [0, 0.05) is 18.0 Å². The summed E-state index contributed by atoms with van der Waals surface area (Å²) in [6.07, 6.45) is 0.214. The van der Waals surface area contributed by atoms with Crippen molar-refractivity contribution in [3.63, 3.8) is 0 Å². The normalized spacial score (nSPS) is 12.6. The highest BCUT2D eigenvalue weighted by Gasteiger charge is 2.24. The molecule has 2 atom stereocenters. The standard InChI is InChI=1S/C32H38N2O5/c1-22-12-9-15-24(20-22)28(23-13-7-6-8-14-23)25-16-10-17-26(21-25)29(35)34-27(30(36)38-5)18-11-19-33-31(37)39-32(2,3)4/h6-10,12-17,20-21,27-28H,11,18-19H2,1-5H3,(H,33,37)(H,34,35)/t27-,28?/m0/s1. The highest BCUT2D eigenvalue weighted by Crippen LogP contribution is 2.32. The third-order valence-corrected chi connectivity index (χ3v) is 6.12. The molecule has 3 aromatic rings. The van der Waals surface area contributed by atoms with E-state index in [0.717, 1.165) is 22.3 Å². The number of carbonyl (C=O) groups is 3. The van der Waals surface area contributed by atoms with Crippen molar-refractivity contribution in [2.45, 2.75) is 58.1 Å². The second-order valence-corrected chi connectivity index (χ2v) is 10.5. The summed E-state index contributed by atoms with van der Waals surface area (Å²) in [7, 11) is 1.29. The van der Waals surface area contributed by atoms with E-state index in [1.807, 2.05) is 42.5 Å². The Morgan fingerprint density at radius 1 is 0.846 bits per heavy atom. The molecule has 206 valence electrons. The first-order chi connectivity index (χ1) is 18.6. The van der Waals surface area contributed by atoms with Gasteiger partial charge in [-0.05, 0) is 69.4 Å². The molecular weight excluding hydrogens is 492 g/mol. The summed E-state index contributed by atoms with van der Waals surface area (Å²) in [5, 5.41) is 5.47. The Morgan fingerprint density at radius 2 is 1.49 bits per heavy atom. The number of hydrogen-bond donors (Lipinski definition) is 2. The summed E-state index contributed by atoms with van der Waals surface area (Å²) in [6, 6.07) is 25.1. The summed E-state index contributed by atoms with van der Waals surface area (Å²) in [5.74, 6) is -0.976. The van der Waals surface area contributed by atoms with Crippen LogP contribution in [0.25, 0.3) is 0 Å². The van der Waals surface area contributed by atoms with Crippen LogP contribution in [0.1, 0.15) is 72.1 Å². The minimum atomic E-state index is -0.853. The van der Waals surface area contributed by atoms with Crippen molar-refractivity contribution in [2.24, 2.45) is 0 Å². The Labute approximate surface area is 230 Å². The van der Waals surface area contributed by atoms with Crippen LogP contribution >= 0.6 is 0 Å². The minimum absolute atomic E-state index is 0.0609. The van der Waals surface area contributed by atoms with Crippen molar-refractivity contribution in [1.82, 2.24) is 10.6 Å². The van der Waals surface area contributed by atoms with Crippen molar-refractivity contribution in [1.29, 1.82) is 0 Å². The van der Waals surface area contributed by atoms with Gasteiger partial charge < -0.3 is 20.1 Å². The van der Waals surface area contributed by atoms with Crippen molar-refractivity contribution < 1.29 is 23.9 Å². The SMILES string of the molecule is COC(=O)[C@H](CCCNC(=O)OC(C)(C)C)NC(=O)c1cccc(C(c2ccccc2)c2cccc(C)c2)c1. The van der Waals surface area contributed by atoms with E-state index in [-0.39, 0.29) is 11.8 Å². The molecule has 0 aliphatic heterocycles. The molecule has 0 fully saturated rings. The van der Waals surface area contributed by atoms with Gasteiger partial charge in [-0.1, -0.05) is 72.3 Å². The number of carbonyl (C=O) groups excluding carboxylic acids is 3. The molecule has 3 rings (SSSR count). The number of amides is 2. The van der Waals surface area contributed by atoms with Crippen LogP contribution in [0.3, 0.4) is 0 Å².